The number of amides is 1. The van der Waals surface area contributed by atoms with Crippen LogP contribution < -0.4 is 10.2 Å². The van der Waals surface area contributed by atoms with Gasteiger partial charge in [0.05, 0.1) is 18.3 Å². The summed E-state index contributed by atoms with van der Waals surface area (Å²) in [6, 6.07) is 10.1. The molecule has 1 fully saturated rings. The summed E-state index contributed by atoms with van der Waals surface area (Å²) in [5.74, 6) is -0.161. The summed E-state index contributed by atoms with van der Waals surface area (Å²) in [5, 5.41) is 2.72. The van der Waals surface area contributed by atoms with E-state index in [1.165, 1.54) is 6.07 Å². The fraction of sp³-hybridized carbons (Fsp3) is 0.368. The molecule has 1 aliphatic rings. The number of carbonyl (C=O) groups is 1. The van der Waals surface area contributed by atoms with Gasteiger partial charge in [-0.2, -0.15) is 0 Å². The zero-order valence-corrected chi connectivity index (χ0v) is 14.4. The Balaban J connectivity index is 1.56. The van der Waals surface area contributed by atoms with Crippen molar-refractivity contribution in [2.24, 2.45) is 0 Å². The van der Waals surface area contributed by atoms with Crippen LogP contribution >= 0.6 is 0 Å². The number of halogens is 1. The van der Waals surface area contributed by atoms with Crippen LogP contribution in [0.25, 0.3) is 0 Å². The van der Waals surface area contributed by atoms with E-state index in [0.717, 1.165) is 38.4 Å². The maximum atomic E-state index is 13.6. The van der Waals surface area contributed by atoms with Crippen LogP contribution in [0.5, 0.6) is 0 Å². The van der Waals surface area contributed by atoms with Gasteiger partial charge in [0.25, 0.3) is 0 Å². The number of nitrogens with zero attached hydrogens (tertiary/aromatic N) is 3. The quantitative estimate of drug-likeness (QED) is 0.907. The van der Waals surface area contributed by atoms with Gasteiger partial charge in [0.1, 0.15) is 11.6 Å². The first-order valence-corrected chi connectivity index (χ1v) is 8.62. The zero-order valence-electron chi connectivity index (χ0n) is 14.4. The Bertz CT molecular complexity index is 712. The van der Waals surface area contributed by atoms with Gasteiger partial charge in [-0.1, -0.05) is 25.1 Å². The minimum Gasteiger partial charge on any atom is -0.368 e. The van der Waals surface area contributed by atoms with Gasteiger partial charge in [0, 0.05) is 26.2 Å². The largest absolute Gasteiger partial charge is 0.368 e. The maximum Gasteiger partial charge on any atom is 0.230 e. The Morgan fingerprint density at radius 1 is 1.16 bits per heavy atom. The fourth-order valence-electron chi connectivity index (χ4n) is 2.97. The van der Waals surface area contributed by atoms with Crippen molar-refractivity contribution in [1.29, 1.82) is 0 Å². The van der Waals surface area contributed by atoms with Crippen LogP contribution in [0, 0.1) is 5.82 Å². The molecule has 1 saturated heterocycles. The summed E-state index contributed by atoms with van der Waals surface area (Å²) < 4.78 is 13.6. The lowest BCUT2D eigenvalue weighted by Gasteiger charge is -2.35. The second-order valence-electron chi connectivity index (χ2n) is 6.14. The van der Waals surface area contributed by atoms with Crippen LogP contribution in [0.2, 0.25) is 0 Å². The van der Waals surface area contributed by atoms with Crippen molar-refractivity contribution in [3.8, 4) is 0 Å². The first kappa shape index (κ1) is 17.4. The SMILES string of the molecule is CCN1CCN(c2ccc(NC(=O)Cc3ccccc3F)nc2)CC1. The number of piperazine rings is 1. The van der Waals surface area contributed by atoms with E-state index in [0.29, 0.717) is 11.4 Å². The molecule has 0 bridgehead atoms. The lowest BCUT2D eigenvalue weighted by atomic mass is 10.1. The highest BCUT2D eigenvalue weighted by atomic mass is 19.1. The highest BCUT2D eigenvalue weighted by Crippen LogP contribution is 2.17. The van der Waals surface area contributed by atoms with Gasteiger partial charge in [-0.15, -0.1) is 0 Å². The standard InChI is InChI=1S/C19H23FN4O/c1-2-23-9-11-24(12-10-23)16-7-8-18(21-14-16)22-19(25)13-15-5-3-4-6-17(15)20/h3-8,14H,2,9-13H2,1H3,(H,21,22,25). The molecule has 1 aromatic heterocycles. The molecule has 5 nitrogen and oxygen atoms in total. The third kappa shape index (κ3) is 4.54. The molecule has 1 aromatic carbocycles. The molecule has 2 heterocycles. The third-order valence-electron chi connectivity index (χ3n) is 4.51. The van der Waals surface area contributed by atoms with Crippen molar-refractivity contribution in [1.82, 2.24) is 9.88 Å². The summed E-state index contributed by atoms with van der Waals surface area (Å²) in [5.41, 5.74) is 1.44. The van der Waals surface area contributed by atoms with Crippen molar-refractivity contribution < 1.29 is 9.18 Å². The number of benzene rings is 1. The number of nitrogens with one attached hydrogen (secondary N) is 1. The van der Waals surface area contributed by atoms with Gasteiger partial charge in [-0.25, -0.2) is 9.37 Å². The van der Waals surface area contributed by atoms with Crippen LogP contribution in [0.1, 0.15) is 12.5 Å². The van der Waals surface area contributed by atoms with E-state index < -0.39 is 0 Å². The number of likely N-dealkylation sites (N-methyl/N-ethyl adjacent to an activating group) is 1. The monoisotopic (exact) mass is 342 g/mol. The van der Waals surface area contributed by atoms with Crippen molar-refractivity contribution >= 4 is 17.4 Å². The van der Waals surface area contributed by atoms with Crippen LogP contribution in [-0.4, -0.2) is 48.5 Å². The lowest BCUT2D eigenvalue weighted by Crippen LogP contribution is -2.46. The minimum atomic E-state index is -0.368. The van der Waals surface area contributed by atoms with Gasteiger partial charge in [-0.3, -0.25) is 4.79 Å². The summed E-state index contributed by atoms with van der Waals surface area (Å²) in [4.78, 5) is 21.1. The van der Waals surface area contributed by atoms with Crippen molar-refractivity contribution in [3.05, 3.63) is 54.0 Å². The van der Waals surface area contributed by atoms with E-state index in [9.17, 15) is 9.18 Å². The summed E-state index contributed by atoms with van der Waals surface area (Å²) in [7, 11) is 0. The van der Waals surface area contributed by atoms with Crippen LogP contribution in [0.3, 0.4) is 0 Å². The molecular weight excluding hydrogens is 319 g/mol. The molecule has 6 heteroatoms. The molecule has 1 aliphatic heterocycles. The van der Waals surface area contributed by atoms with Gasteiger partial charge < -0.3 is 15.1 Å². The van der Waals surface area contributed by atoms with Gasteiger partial charge >= 0.3 is 0 Å². The van der Waals surface area contributed by atoms with Gasteiger partial charge in [0.15, 0.2) is 0 Å². The predicted molar refractivity (Wildman–Crippen MR) is 97.3 cm³/mol. The number of pyridine rings is 1. The molecule has 0 unspecified atom stereocenters. The number of rotatable bonds is 5. The molecule has 1 N–H and O–H groups in total. The van der Waals surface area contributed by atoms with Crippen LogP contribution in [-0.2, 0) is 11.2 Å². The molecule has 132 valence electrons. The predicted octanol–water partition coefficient (Wildman–Crippen LogP) is 2.54. The maximum absolute atomic E-state index is 13.6. The highest BCUT2D eigenvalue weighted by molar-refractivity contribution is 5.91. The third-order valence-corrected chi connectivity index (χ3v) is 4.51. The average molecular weight is 342 g/mol. The second-order valence-corrected chi connectivity index (χ2v) is 6.14. The van der Waals surface area contributed by atoms with E-state index in [1.807, 2.05) is 6.07 Å². The number of hydrogen-bond donors (Lipinski definition) is 1. The van der Waals surface area contributed by atoms with E-state index in [1.54, 1.807) is 30.5 Å². The second kappa shape index (κ2) is 8.07. The Morgan fingerprint density at radius 3 is 2.56 bits per heavy atom. The normalized spacial score (nSPS) is 15.2. The Morgan fingerprint density at radius 2 is 1.92 bits per heavy atom. The van der Waals surface area contributed by atoms with Crippen molar-refractivity contribution in [2.45, 2.75) is 13.3 Å². The minimum absolute atomic E-state index is 0.00488. The molecule has 0 aliphatic carbocycles. The summed E-state index contributed by atoms with van der Waals surface area (Å²) in [6.45, 7) is 7.33. The topological polar surface area (TPSA) is 48.5 Å². The van der Waals surface area contributed by atoms with E-state index in [2.05, 4.69) is 27.0 Å². The van der Waals surface area contributed by atoms with Crippen molar-refractivity contribution in [2.75, 3.05) is 42.9 Å². The summed E-state index contributed by atoms with van der Waals surface area (Å²) in [6.07, 6.45) is 1.77. The van der Waals surface area contributed by atoms with Gasteiger partial charge in [0.2, 0.25) is 5.91 Å². The molecule has 25 heavy (non-hydrogen) atoms. The number of aromatic nitrogens is 1. The molecule has 0 radical (unpaired) electrons. The molecule has 3 rings (SSSR count). The van der Waals surface area contributed by atoms with E-state index in [-0.39, 0.29) is 18.1 Å². The summed E-state index contributed by atoms with van der Waals surface area (Å²) >= 11 is 0. The lowest BCUT2D eigenvalue weighted by molar-refractivity contribution is -0.115. The zero-order chi connectivity index (χ0) is 17.6. The van der Waals surface area contributed by atoms with Gasteiger partial charge in [-0.05, 0) is 30.3 Å². The van der Waals surface area contributed by atoms with E-state index >= 15 is 0 Å². The first-order valence-electron chi connectivity index (χ1n) is 8.62. The Labute approximate surface area is 147 Å². The number of hydrogen-bond acceptors (Lipinski definition) is 4. The van der Waals surface area contributed by atoms with Crippen LogP contribution in [0.4, 0.5) is 15.9 Å². The highest BCUT2D eigenvalue weighted by Gasteiger charge is 2.16. The first-order chi connectivity index (χ1) is 12.2. The average Bonchev–Trinajstić information content (AvgIpc) is 2.64. The Kier molecular flexibility index (Phi) is 5.60. The molecule has 0 spiro atoms. The Hall–Kier alpha value is -2.47. The number of anilines is 2. The smallest absolute Gasteiger partial charge is 0.230 e. The molecule has 1 amide bonds. The molecule has 2 aromatic rings. The fourth-order valence-corrected chi connectivity index (χ4v) is 2.97. The molecule has 0 atom stereocenters. The molecule has 0 saturated carbocycles. The van der Waals surface area contributed by atoms with E-state index in [4.69, 9.17) is 0 Å². The number of carbonyl (C=O) groups excluding carboxylic acids is 1. The molecular formula is C19H23FN4O. The van der Waals surface area contributed by atoms with Crippen molar-refractivity contribution in [3.63, 3.8) is 0 Å². The van der Waals surface area contributed by atoms with Crippen LogP contribution in [0.15, 0.2) is 42.6 Å².